The van der Waals surface area contributed by atoms with Gasteiger partial charge in [-0.05, 0) is 62.6 Å². The molecule has 6 nitrogen and oxygen atoms in total. The van der Waals surface area contributed by atoms with Gasteiger partial charge < -0.3 is 10.1 Å². The van der Waals surface area contributed by atoms with Crippen molar-refractivity contribution < 1.29 is 17.9 Å². The number of amides is 1. The van der Waals surface area contributed by atoms with E-state index in [0.29, 0.717) is 17.4 Å². The Morgan fingerprint density at radius 3 is 2.39 bits per heavy atom. The Morgan fingerprint density at radius 1 is 1.07 bits per heavy atom. The van der Waals surface area contributed by atoms with Gasteiger partial charge in [0.25, 0.3) is 5.91 Å². The highest BCUT2D eigenvalue weighted by Gasteiger charge is 2.22. The second-order valence-electron chi connectivity index (χ2n) is 7.95. The maximum absolute atomic E-state index is 12.4. The lowest BCUT2D eigenvalue weighted by Crippen LogP contribution is -2.40. The first-order valence-corrected chi connectivity index (χ1v) is 10.6. The van der Waals surface area contributed by atoms with Crippen LogP contribution in [0.15, 0.2) is 53.4 Å². The van der Waals surface area contributed by atoms with Gasteiger partial charge in [-0.25, -0.2) is 13.1 Å². The van der Waals surface area contributed by atoms with E-state index in [9.17, 15) is 13.2 Å². The summed E-state index contributed by atoms with van der Waals surface area (Å²) in [5.74, 6) is 0.615. The molecule has 7 heteroatoms. The molecule has 0 aliphatic rings. The van der Waals surface area contributed by atoms with Gasteiger partial charge in [0.05, 0.1) is 4.90 Å². The number of benzene rings is 2. The first-order valence-electron chi connectivity index (χ1n) is 9.13. The lowest BCUT2D eigenvalue weighted by atomic mass is 10.0. The fourth-order valence-corrected chi connectivity index (χ4v) is 3.98. The highest BCUT2D eigenvalue weighted by molar-refractivity contribution is 7.89. The normalized spacial score (nSPS) is 12.1. The Bertz CT molecular complexity index is 931. The van der Waals surface area contributed by atoms with Crippen LogP contribution in [0.2, 0.25) is 0 Å². The molecular weight excluding hydrogens is 376 g/mol. The number of hydrogen-bond donors (Lipinski definition) is 2. The molecule has 0 aromatic heterocycles. The average molecular weight is 405 g/mol. The average Bonchev–Trinajstić information content (AvgIpc) is 2.58. The van der Waals surface area contributed by atoms with Gasteiger partial charge in [0.1, 0.15) is 5.75 Å². The van der Waals surface area contributed by atoms with Crippen molar-refractivity contribution in [3.8, 4) is 5.75 Å². The molecule has 0 heterocycles. The molecule has 2 aromatic rings. The summed E-state index contributed by atoms with van der Waals surface area (Å²) in [4.78, 5) is 12.3. The molecule has 28 heavy (non-hydrogen) atoms. The van der Waals surface area contributed by atoms with E-state index in [0.717, 1.165) is 5.56 Å². The second kappa shape index (κ2) is 8.75. The van der Waals surface area contributed by atoms with Crippen molar-refractivity contribution >= 4 is 21.6 Å². The van der Waals surface area contributed by atoms with Crippen molar-refractivity contribution in [3.63, 3.8) is 0 Å². The van der Waals surface area contributed by atoms with Crippen molar-refractivity contribution in [3.05, 3.63) is 54.1 Å². The Balaban J connectivity index is 2.02. The smallest absolute Gasteiger partial charge is 0.262 e. The number of anilines is 1. The molecule has 0 saturated carbocycles. The van der Waals surface area contributed by atoms with E-state index in [1.807, 2.05) is 18.2 Å². The van der Waals surface area contributed by atoms with Crippen LogP contribution in [0, 0.1) is 0 Å². The summed E-state index contributed by atoms with van der Waals surface area (Å²) >= 11 is 0. The lowest BCUT2D eigenvalue weighted by Gasteiger charge is -2.20. The molecule has 0 bridgehead atoms. The number of nitrogens with one attached hydrogen (secondary N) is 2. The molecule has 0 radical (unpaired) electrons. The summed E-state index contributed by atoms with van der Waals surface area (Å²) < 4.78 is 33.0. The molecule has 152 valence electrons. The second-order valence-corrected chi connectivity index (χ2v) is 9.63. The molecule has 0 fully saturated rings. The van der Waals surface area contributed by atoms with Crippen LogP contribution in [0.5, 0.6) is 5.75 Å². The predicted octanol–water partition coefficient (Wildman–Crippen LogP) is 3.90. The molecule has 2 N–H and O–H groups in total. The highest BCUT2D eigenvalue weighted by Crippen LogP contribution is 2.20. The van der Waals surface area contributed by atoms with Gasteiger partial charge in [-0.2, -0.15) is 0 Å². The van der Waals surface area contributed by atoms with Gasteiger partial charge in [0, 0.05) is 11.2 Å². The van der Waals surface area contributed by atoms with E-state index in [1.54, 1.807) is 39.0 Å². The molecule has 0 atom stereocenters. The molecule has 2 rings (SSSR count). The van der Waals surface area contributed by atoms with Crippen molar-refractivity contribution in [2.24, 2.45) is 0 Å². The zero-order valence-electron chi connectivity index (χ0n) is 16.9. The van der Waals surface area contributed by atoms with E-state index < -0.39 is 15.6 Å². The van der Waals surface area contributed by atoms with Gasteiger partial charge >= 0.3 is 0 Å². The van der Waals surface area contributed by atoms with Crippen LogP contribution in [0.25, 0.3) is 0 Å². The summed E-state index contributed by atoms with van der Waals surface area (Å²) in [5.41, 5.74) is 0.916. The fourth-order valence-electron chi connectivity index (χ4n) is 2.51. The van der Waals surface area contributed by atoms with E-state index in [1.165, 1.54) is 12.1 Å². The zero-order valence-corrected chi connectivity index (χ0v) is 17.8. The fraction of sp³-hybridized carbons (Fsp3) is 0.381. The minimum absolute atomic E-state index is 0.0887. The van der Waals surface area contributed by atoms with Crippen LogP contribution in [-0.2, 0) is 14.8 Å². The predicted molar refractivity (Wildman–Crippen MR) is 111 cm³/mol. The number of carbonyl (C=O) groups excluding carboxylic acids is 1. The number of hydrogen-bond acceptors (Lipinski definition) is 4. The van der Waals surface area contributed by atoms with Crippen LogP contribution >= 0.6 is 0 Å². The molecule has 2 aromatic carbocycles. The Hall–Kier alpha value is -2.38. The molecule has 0 saturated heterocycles. The summed E-state index contributed by atoms with van der Waals surface area (Å²) in [6, 6.07) is 13.7. The topological polar surface area (TPSA) is 84.5 Å². The van der Waals surface area contributed by atoms with E-state index in [2.05, 4.69) is 23.9 Å². The minimum atomic E-state index is -3.68. The van der Waals surface area contributed by atoms with Crippen molar-refractivity contribution in [2.45, 2.75) is 51.0 Å². The molecule has 0 aliphatic heterocycles. The van der Waals surface area contributed by atoms with Crippen molar-refractivity contribution in [1.29, 1.82) is 0 Å². The van der Waals surface area contributed by atoms with Crippen LogP contribution in [-0.4, -0.2) is 26.5 Å². The summed E-state index contributed by atoms with van der Waals surface area (Å²) in [7, 11) is -3.68. The van der Waals surface area contributed by atoms with E-state index in [4.69, 9.17) is 4.74 Å². The number of carbonyl (C=O) groups is 1. The maximum Gasteiger partial charge on any atom is 0.262 e. The van der Waals surface area contributed by atoms with E-state index >= 15 is 0 Å². The van der Waals surface area contributed by atoms with Crippen LogP contribution in [0.4, 0.5) is 5.69 Å². The summed E-state index contributed by atoms with van der Waals surface area (Å²) in [5, 5.41) is 2.67. The molecule has 0 aliphatic carbocycles. The quantitative estimate of drug-likeness (QED) is 0.733. The monoisotopic (exact) mass is 404 g/mol. The number of rotatable bonds is 7. The maximum atomic E-state index is 12.4. The Morgan fingerprint density at radius 2 is 1.75 bits per heavy atom. The minimum Gasteiger partial charge on any atom is -0.484 e. The summed E-state index contributed by atoms with van der Waals surface area (Å²) in [6.07, 6.45) is 0. The van der Waals surface area contributed by atoms with Gasteiger partial charge in [0.2, 0.25) is 10.0 Å². The van der Waals surface area contributed by atoms with Crippen molar-refractivity contribution in [1.82, 2.24) is 4.72 Å². The standard InChI is InChI=1S/C21H28N2O4S/c1-15(2)16-8-6-10-18(12-16)27-14-20(24)22-17-9-7-11-19(13-17)28(25,26)23-21(3,4)5/h6-13,15,23H,14H2,1-5H3,(H,22,24). The first-order chi connectivity index (χ1) is 13.0. The first kappa shape index (κ1) is 21.9. The third-order valence-electron chi connectivity index (χ3n) is 3.76. The molecular formula is C21H28N2O4S. The number of ether oxygens (including phenoxy) is 1. The van der Waals surface area contributed by atoms with E-state index in [-0.39, 0.29) is 17.4 Å². The van der Waals surface area contributed by atoms with Gasteiger partial charge in [0.15, 0.2) is 6.61 Å². The molecule has 1 amide bonds. The Labute approximate surface area is 167 Å². The van der Waals surface area contributed by atoms with Gasteiger partial charge in [-0.1, -0.05) is 32.0 Å². The zero-order chi connectivity index (χ0) is 20.9. The van der Waals surface area contributed by atoms with Crippen molar-refractivity contribution in [2.75, 3.05) is 11.9 Å². The summed E-state index contributed by atoms with van der Waals surface area (Å²) in [6.45, 7) is 9.30. The van der Waals surface area contributed by atoms with Crippen LogP contribution in [0.1, 0.15) is 46.1 Å². The van der Waals surface area contributed by atoms with Crippen LogP contribution < -0.4 is 14.8 Å². The largest absolute Gasteiger partial charge is 0.484 e. The van der Waals surface area contributed by atoms with Crippen LogP contribution in [0.3, 0.4) is 0 Å². The Kier molecular flexibility index (Phi) is 6.85. The highest BCUT2D eigenvalue weighted by atomic mass is 32.2. The lowest BCUT2D eigenvalue weighted by molar-refractivity contribution is -0.118. The molecule has 0 unspecified atom stereocenters. The third-order valence-corrected chi connectivity index (χ3v) is 5.52. The SMILES string of the molecule is CC(C)c1cccc(OCC(=O)Nc2cccc(S(=O)(=O)NC(C)(C)C)c2)c1. The van der Waals surface area contributed by atoms with Gasteiger partial charge in [-0.3, -0.25) is 4.79 Å². The molecule has 0 spiro atoms. The number of sulfonamides is 1. The van der Waals surface area contributed by atoms with Gasteiger partial charge in [-0.15, -0.1) is 0 Å². The third kappa shape index (κ3) is 6.65.